The first-order chi connectivity index (χ1) is 22.3. The Bertz CT molecular complexity index is 2290. The third kappa shape index (κ3) is 3.46. The van der Waals surface area contributed by atoms with Crippen LogP contribution in [0.25, 0.3) is 55.0 Å². The minimum absolute atomic E-state index is 0.215. The summed E-state index contributed by atoms with van der Waals surface area (Å²) < 4.78 is 4.89. The molecule has 0 bridgehead atoms. The molecule has 3 nitrogen and oxygen atoms in total. The summed E-state index contributed by atoms with van der Waals surface area (Å²) in [5.41, 5.74) is 11.0. The number of allylic oxidation sites excluding steroid dienone is 2. The van der Waals surface area contributed by atoms with E-state index in [1.165, 1.54) is 60.5 Å². The Labute approximate surface area is 261 Å². The molecule has 212 valence electrons. The van der Waals surface area contributed by atoms with Crippen LogP contribution in [-0.2, 0) is 0 Å². The fourth-order valence-corrected chi connectivity index (χ4v) is 7.97. The second-order valence-electron chi connectivity index (χ2n) is 12.2. The van der Waals surface area contributed by atoms with Crippen LogP contribution in [0.5, 0.6) is 0 Å². The number of nitrogens with zero attached hydrogens (tertiary/aromatic N) is 3. The molecule has 2 atom stereocenters. The molecule has 10 rings (SSSR count). The largest absolute Gasteiger partial charge is 0.333 e. The van der Waals surface area contributed by atoms with Crippen LogP contribution in [0, 0.1) is 0 Å². The van der Waals surface area contributed by atoms with Gasteiger partial charge < -0.3 is 14.0 Å². The summed E-state index contributed by atoms with van der Waals surface area (Å²) in [6.07, 6.45) is 9.11. The molecule has 0 fully saturated rings. The summed E-state index contributed by atoms with van der Waals surface area (Å²) in [5, 5.41) is 5.07. The van der Waals surface area contributed by atoms with Gasteiger partial charge in [0.2, 0.25) is 0 Å². The van der Waals surface area contributed by atoms with Gasteiger partial charge in [0, 0.05) is 38.8 Å². The maximum Gasteiger partial charge on any atom is 0.0629 e. The molecule has 3 heteroatoms. The van der Waals surface area contributed by atoms with Gasteiger partial charge in [-0.05, 0) is 54.1 Å². The van der Waals surface area contributed by atoms with Crippen molar-refractivity contribution in [2.24, 2.45) is 0 Å². The molecular formula is C42H29N3. The second kappa shape index (κ2) is 9.35. The van der Waals surface area contributed by atoms with Crippen LogP contribution in [0.4, 0.5) is 11.4 Å². The number of para-hydroxylation sites is 5. The van der Waals surface area contributed by atoms with E-state index in [-0.39, 0.29) is 6.04 Å². The maximum absolute atomic E-state index is 2.55. The van der Waals surface area contributed by atoms with Crippen molar-refractivity contribution in [3.8, 4) is 11.4 Å². The van der Waals surface area contributed by atoms with E-state index in [1.807, 2.05) is 0 Å². The van der Waals surface area contributed by atoms with Gasteiger partial charge >= 0.3 is 0 Å². The van der Waals surface area contributed by atoms with Gasteiger partial charge in [0.25, 0.3) is 0 Å². The number of benzene rings is 6. The lowest BCUT2D eigenvalue weighted by Gasteiger charge is -2.30. The molecule has 6 aromatic carbocycles. The van der Waals surface area contributed by atoms with E-state index >= 15 is 0 Å². The molecular weight excluding hydrogens is 546 g/mol. The summed E-state index contributed by atoms with van der Waals surface area (Å²) in [5.74, 6) is 0.319. The molecule has 3 heterocycles. The molecule has 0 amide bonds. The summed E-state index contributed by atoms with van der Waals surface area (Å²) in [4.78, 5) is 2.55. The van der Waals surface area contributed by atoms with Crippen LogP contribution >= 0.6 is 0 Å². The van der Waals surface area contributed by atoms with Crippen molar-refractivity contribution < 1.29 is 0 Å². The topological polar surface area (TPSA) is 13.1 Å². The lowest BCUT2D eigenvalue weighted by molar-refractivity contribution is 0.744. The van der Waals surface area contributed by atoms with E-state index in [2.05, 4.69) is 178 Å². The molecule has 1 aliphatic carbocycles. The van der Waals surface area contributed by atoms with Crippen molar-refractivity contribution in [3.63, 3.8) is 0 Å². The molecule has 8 aromatic rings. The molecule has 0 spiro atoms. The quantitative estimate of drug-likeness (QED) is 0.204. The molecule has 0 N–H and O–H groups in total. The Hall–Kier alpha value is -5.80. The summed E-state index contributed by atoms with van der Waals surface area (Å²) in [7, 11) is 0. The Morgan fingerprint density at radius 1 is 0.400 bits per heavy atom. The van der Waals surface area contributed by atoms with Gasteiger partial charge in [-0.15, -0.1) is 0 Å². The number of fused-ring (bicyclic) bond motifs is 9. The number of hydrogen-bond donors (Lipinski definition) is 0. The average Bonchev–Trinajstić information content (AvgIpc) is 3.74. The standard InChI is InChI=1S/C42H29N3/c1-7-19-37-31(13-1)32-14-2-8-20-38(32)43(37)28-25-29(44-39-21-9-3-15-33(39)34-16-4-10-22-40(34)44)27-30(26-28)45-41-23-11-5-17-35(41)36-18-6-12-24-42(36)45/h1-27,31,37H. The highest BCUT2D eigenvalue weighted by Gasteiger charge is 2.37. The van der Waals surface area contributed by atoms with Crippen molar-refractivity contribution >= 4 is 55.0 Å². The Morgan fingerprint density at radius 3 is 1.36 bits per heavy atom. The van der Waals surface area contributed by atoms with Gasteiger partial charge in [0.1, 0.15) is 0 Å². The summed E-state index contributed by atoms with van der Waals surface area (Å²) in [6.45, 7) is 0. The van der Waals surface area contributed by atoms with Crippen LogP contribution in [-0.4, -0.2) is 15.2 Å². The number of aromatic nitrogens is 2. The summed E-state index contributed by atoms with van der Waals surface area (Å²) in [6, 6.07) is 51.4. The normalized spacial score (nSPS) is 17.1. The van der Waals surface area contributed by atoms with E-state index in [9.17, 15) is 0 Å². The lowest BCUT2D eigenvalue weighted by atomic mass is 9.91. The van der Waals surface area contributed by atoms with Crippen molar-refractivity contribution in [1.29, 1.82) is 0 Å². The molecule has 0 saturated carbocycles. The van der Waals surface area contributed by atoms with E-state index in [0.29, 0.717) is 5.92 Å². The van der Waals surface area contributed by atoms with Gasteiger partial charge in [-0.1, -0.05) is 115 Å². The van der Waals surface area contributed by atoms with Crippen molar-refractivity contribution in [1.82, 2.24) is 9.13 Å². The molecule has 45 heavy (non-hydrogen) atoms. The minimum atomic E-state index is 0.215. The Kier molecular flexibility index (Phi) is 5.11. The minimum Gasteiger partial charge on any atom is -0.333 e. The van der Waals surface area contributed by atoms with Gasteiger partial charge in [0.15, 0.2) is 0 Å². The second-order valence-corrected chi connectivity index (χ2v) is 12.2. The van der Waals surface area contributed by atoms with E-state index in [4.69, 9.17) is 0 Å². The maximum atomic E-state index is 2.55. The molecule has 2 unspecified atom stereocenters. The molecule has 0 radical (unpaired) electrons. The lowest BCUT2D eigenvalue weighted by Crippen LogP contribution is -2.28. The van der Waals surface area contributed by atoms with E-state index < -0.39 is 0 Å². The van der Waals surface area contributed by atoms with Crippen LogP contribution in [0.15, 0.2) is 164 Å². The first-order valence-electron chi connectivity index (χ1n) is 15.7. The smallest absolute Gasteiger partial charge is 0.0629 e. The van der Waals surface area contributed by atoms with Gasteiger partial charge in [-0.3, -0.25) is 0 Å². The third-order valence-corrected chi connectivity index (χ3v) is 9.80. The van der Waals surface area contributed by atoms with Gasteiger partial charge in [-0.2, -0.15) is 0 Å². The van der Waals surface area contributed by atoms with Crippen molar-refractivity contribution in [2.45, 2.75) is 12.0 Å². The van der Waals surface area contributed by atoms with Crippen molar-refractivity contribution in [3.05, 3.63) is 169 Å². The highest BCUT2D eigenvalue weighted by Crippen LogP contribution is 2.49. The fraction of sp³-hybridized carbons (Fsp3) is 0.0476. The van der Waals surface area contributed by atoms with Gasteiger partial charge in [0.05, 0.1) is 39.5 Å². The predicted molar refractivity (Wildman–Crippen MR) is 189 cm³/mol. The molecule has 2 aliphatic rings. The number of hydrogen-bond acceptors (Lipinski definition) is 1. The Balaban J connectivity index is 1.32. The Morgan fingerprint density at radius 2 is 0.822 bits per heavy atom. The van der Waals surface area contributed by atoms with Crippen LogP contribution in [0.3, 0.4) is 0 Å². The first kappa shape index (κ1) is 24.6. The number of anilines is 2. The number of rotatable bonds is 3. The summed E-state index contributed by atoms with van der Waals surface area (Å²) >= 11 is 0. The zero-order chi connectivity index (χ0) is 29.5. The first-order valence-corrected chi connectivity index (χ1v) is 15.7. The highest BCUT2D eigenvalue weighted by atomic mass is 15.2. The molecule has 2 aromatic heterocycles. The predicted octanol–water partition coefficient (Wildman–Crippen LogP) is 10.6. The third-order valence-electron chi connectivity index (χ3n) is 9.80. The van der Waals surface area contributed by atoms with Crippen LogP contribution in [0.2, 0.25) is 0 Å². The van der Waals surface area contributed by atoms with Gasteiger partial charge in [-0.25, -0.2) is 0 Å². The average molecular weight is 576 g/mol. The van der Waals surface area contributed by atoms with Crippen LogP contribution < -0.4 is 4.90 Å². The van der Waals surface area contributed by atoms with E-state index in [1.54, 1.807) is 0 Å². The van der Waals surface area contributed by atoms with E-state index in [0.717, 1.165) is 11.4 Å². The highest BCUT2D eigenvalue weighted by molar-refractivity contribution is 6.10. The van der Waals surface area contributed by atoms with Crippen molar-refractivity contribution in [2.75, 3.05) is 4.90 Å². The monoisotopic (exact) mass is 575 g/mol. The SMILES string of the molecule is C1=CC2c3ccccc3N(c3cc(-n4c5ccccc5c5ccccc54)cc(-n4c5ccccc5c5ccccc54)c3)C2C=C1. The zero-order valence-electron chi connectivity index (χ0n) is 24.6. The zero-order valence-corrected chi connectivity index (χ0v) is 24.6. The fourth-order valence-electron chi connectivity index (χ4n) is 7.97. The molecule has 1 aliphatic heterocycles. The van der Waals surface area contributed by atoms with Crippen LogP contribution in [0.1, 0.15) is 11.5 Å². The molecule has 0 saturated heterocycles.